The number of ether oxygens (including phenoxy) is 1. The summed E-state index contributed by atoms with van der Waals surface area (Å²) in [4.78, 5) is 22.4. The van der Waals surface area contributed by atoms with Gasteiger partial charge in [0.2, 0.25) is 0 Å². The van der Waals surface area contributed by atoms with Gasteiger partial charge < -0.3 is 21.5 Å². The van der Waals surface area contributed by atoms with E-state index in [4.69, 9.17) is 16.2 Å². The molecule has 1 unspecified atom stereocenters. The second-order valence-electron chi connectivity index (χ2n) is 4.53. The highest BCUT2D eigenvalue weighted by Gasteiger charge is 2.25. The van der Waals surface area contributed by atoms with E-state index in [1.54, 1.807) is 20.8 Å². The van der Waals surface area contributed by atoms with Crippen molar-refractivity contribution in [3.05, 3.63) is 0 Å². The van der Waals surface area contributed by atoms with Crippen LogP contribution in [0.15, 0.2) is 0 Å². The Hall–Kier alpha value is -1.30. The topological polar surface area (TPSA) is 107 Å². The number of carbonyl (C=O) groups is 2. The van der Waals surface area contributed by atoms with Crippen molar-refractivity contribution in [1.82, 2.24) is 5.32 Å². The molecule has 0 radical (unpaired) electrons. The molecule has 0 heterocycles. The molecule has 94 valence electrons. The van der Waals surface area contributed by atoms with Crippen molar-refractivity contribution in [3.63, 3.8) is 0 Å². The zero-order valence-electron chi connectivity index (χ0n) is 10.1. The van der Waals surface area contributed by atoms with Crippen LogP contribution in [-0.4, -0.2) is 30.2 Å². The van der Waals surface area contributed by atoms with Crippen molar-refractivity contribution >= 4 is 12.0 Å². The first-order chi connectivity index (χ1) is 7.26. The number of nitrogens with one attached hydrogen (secondary N) is 1. The molecule has 0 aromatic carbocycles. The van der Waals surface area contributed by atoms with Crippen molar-refractivity contribution in [3.8, 4) is 0 Å². The second kappa shape index (κ2) is 6.32. The van der Waals surface area contributed by atoms with E-state index in [9.17, 15) is 9.59 Å². The van der Waals surface area contributed by atoms with Crippen molar-refractivity contribution in [2.75, 3.05) is 6.54 Å². The first-order valence-corrected chi connectivity index (χ1v) is 5.25. The molecule has 0 saturated heterocycles. The molecule has 0 aromatic rings. The van der Waals surface area contributed by atoms with E-state index in [1.165, 1.54) is 0 Å². The quantitative estimate of drug-likeness (QED) is 0.583. The molecule has 5 N–H and O–H groups in total. The van der Waals surface area contributed by atoms with Crippen molar-refractivity contribution in [2.24, 2.45) is 11.5 Å². The van der Waals surface area contributed by atoms with Crippen molar-refractivity contribution in [2.45, 2.75) is 45.3 Å². The molecule has 2 amide bonds. The molecule has 1 atom stereocenters. The van der Waals surface area contributed by atoms with Crippen LogP contribution in [0.25, 0.3) is 0 Å². The van der Waals surface area contributed by atoms with Crippen LogP contribution in [0.2, 0.25) is 0 Å². The molecule has 0 fully saturated rings. The highest BCUT2D eigenvalue weighted by molar-refractivity contribution is 5.82. The van der Waals surface area contributed by atoms with Gasteiger partial charge in [-0.3, -0.25) is 0 Å². The molecule has 0 rings (SSSR count). The van der Waals surface area contributed by atoms with Crippen LogP contribution in [-0.2, 0) is 9.53 Å². The Morgan fingerprint density at radius 3 is 2.31 bits per heavy atom. The minimum absolute atomic E-state index is 0.425. The van der Waals surface area contributed by atoms with Crippen molar-refractivity contribution < 1.29 is 14.3 Å². The van der Waals surface area contributed by atoms with Crippen LogP contribution in [0.3, 0.4) is 0 Å². The summed E-state index contributed by atoms with van der Waals surface area (Å²) in [5.74, 6) is -0.486. The smallest absolute Gasteiger partial charge is 0.329 e. The number of urea groups is 1. The minimum Gasteiger partial charge on any atom is -0.458 e. The van der Waals surface area contributed by atoms with Gasteiger partial charge in [-0.15, -0.1) is 0 Å². The lowest BCUT2D eigenvalue weighted by Gasteiger charge is -2.24. The molecule has 0 bridgehead atoms. The molecule has 0 saturated carbocycles. The van der Waals surface area contributed by atoms with Crippen LogP contribution >= 0.6 is 0 Å². The molecule has 0 aliphatic heterocycles. The standard InChI is InChI=1S/C10H21N3O3/c1-10(2,3)16-8(14)7(5-4-6-11)13-9(12)15/h7H,4-6,11H2,1-3H3,(H3,12,13,15). The van der Waals surface area contributed by atoms with Gasteiger partial charge in [0, 0.05) is 0 Å². The highest BCUT2D eigenvalue weighted by Crippen LogP contribution is 2.10. The number of amides is 2. The lowest BCUT2D eigenvalue weighted by molar-refractivity contribution is -0.157. The fourth-order valence-corrected chi connectivity index (χ4v) is 1.12. The number of esters is 1. The summed E-state index contributed by atoms with van der Waals surface area (Å²) >= 11 is 0. The van der Waals surface area contributed by atoms with E-state index in [1.807, 2.05) is 0 Å². The monoisotopic (exact) mass is 231 g/mol. The van der Waals surface area contributed by atoms with E-state index in [0.717, 1.165) is 0 Å². The first kappa shape index (κ1) is 14.7. The van der Waals surface area contributed by atoms with Gasteiger partial charge in [0.05, 0.1) is 0 Å². The predicted octanol–water partition coefficient (Wildman–Crippen LogP) is 0.104. The number of primary amides is 1. The third-order valence-electron chi connectivity index (χ3n) is 1.70. The SMILES string of the molecule is CC(C)(C)OC(=O)C(CCCN)NC(N)=O. The Morgan fingerprint density at radius 1 is 1.38 bits per heavy atom. The number of nitrogens with two attached hydrogens (primary N) is 2. The van der Waals surface area contributed by atoms with Gasteiger partial charge >= 0.3 is 12.0 Å². The fraction of sp³-hybridized carbons (Fsp3) is 0.800. The van der Waals surface area contributed by atoms with E-state index in [0.29, 0.717) is 19.4 Å². The average Bonchev–Trinajstić information content (AvgIpc) is 2.08. The van der Waals surface area contributed by atoms with E-state index in [2.05, 4.69) is 5.32 Å². The predicted molar refractivity (Wildman–Crippen MR) is 60.6 cm³/mol. The third kappa shape index (κ3) is 7.05. The summed E-state index contributed by atoms with van der Waals surface area (Å²) in [6.45, 7) is 5.72. The van der Waals surface area contributed by atoms with Crippen LogP contribution in [0.5, 0.6) is 0 Å². The van der Waals surface area contributed by atoms with E-state index in [-0.39, 0.29) is 0 Å². The Kier molecular flexibility index (Phi) is 5.81. The molecule has 0 aromatic heterocycles. The molecular formula is C10H21N3O3. The van der Waals surface area contributed by atoms with Gasteiger partial charge in [-0.25, -0.2) is 9.59 Å². The minimum atomic E-state index is -0.743. The zero-order valence-corrected chi connectivity index (χ0v) is 10.1. The maximum absolute atomic E-state index is 11.7. The summed E-state index contributed by atoms with van der Waals surface area (Å²) < 4.78 is 5.15. The molecule has 6 nitrogen and oxygen atoms in total. The van der Waals surface area contributed by atoms with Gasteiger partial charge in [0.15, 0.2) is 0 Å². The molecule has 16 heavy (non-hydrogen) atoms. The Balaban J connectivity index is 4.37. The van der Waals surface area contributed by atoms with Crippen LogP contribution in [0, 0.1) is 0 Å². The molecule has 0 spiro atoms. The molecule has 6 heteroatoms. The van der Waals surface area contributed by atoms with Gasteiger partial charge in [-0.1, -0.05) is 0 Å². The number of carbonyl (C=O) groups excluding carboxylic acids is 2. The largest absolute Gasteiger partial charge is 0.458 e. The second-order valence-corrected chi connectivity index (χ2v) is 4.53. The number of hydrogen-bond acceptors (Lipinski definition) is 4. The number of hydrogen-bond donors (Lipinski definition) is 3. The van der Waals surface area contributed by atoms with Gasteiger partial charge in [-0.05, 0) is 40.2 Å². The highest BCUT2D eigenvalue weighted by atomic mass is 16.6. The van der Waals surface area contributed by atoms with Crippen LogP contribution < -0.4 is 16.8 Å². The lowest BCUT2D eigenvalue weighted by Crippen LogP contribution is -2.46. The van der Waals surface area contributed by atoms with E-state index < -0.39 is 23.6 Å². The molecule has 0 aliphatic carbocycles. The number of rotatable bonds is 5. The first-order valence-electron chi connectivity index (χ1n) is 5.25. The molecular weight excluding hydrogens is 210 g/mol. The fourth-order valence-electron chi connectivity index (χ4n) is 1.12. The van der Waals surface area contributed by atoms with E-state index >= 15 is 0 Å². The maximum Gasteiger partial charge on any atom is 0.329 e. The van der Waals surface area contributed by atoms with Gasteiger partial charge in [0.25, 0.3) is 0 Å². The summed E-state index contributed by atoms with van der Waals surface area (Å²) in [6, 6.07) is -1.46. The van der Waals surface area contributed by atoms with Crippen LogP contribution in [0.1, 0.15) is 33.6 Å². The lowest BCUT2D eigenvalue weighted by atomic mass is 10.1. The Bertz CT molecular complexity index is 248. The third-order valence-corrected chi connectivity index (χ3v) is 1.70. The molecule has 0 aliphatic rings. The Morgan fingerprint density at radius 2 is 1.94 bits per heavy atom. The average molecular weight is 231 g/mol. The zero-order chi connectivity index (χ0) is 12.8. The van der Waals surface area contributed by atoms with Gasteiger partial charge in [-0.2, -0.15) is 0 Å². The summed E-state index contributed by atoms with van der Waals surface area (Å²) in [5.41, 5.74) is 9.73. The summed E-state index contributed by atoms with van der Waals surface area (Å²) in [5, 5.41) is 2.35. The maximum atomic E-state index is 11.7. The van der Waals surface area contributed by atoms with Gasteiger partial charge in [0.1, 0.15) is 11.6 Å². The normalized spacial score (nSPS) is 13.0. The Labute approximate surface area is 95.7 Å². The van der Waals surface area contributed by atoms with Crippen LogP contribution in [0.4, 0.5) is 4.79 Å². The summed E-state index contributed by atoms with van der Waals surface area (Å²) in [6.07, 6.45) is 1.04. The van der Waals surface area contributed by atoms with Crippen molar-refractivity contribution in [1.29, 1.82) is 0 Å². The summed E-state index contributed by atoms with van der Waals surface area (Å²) in [7, 11) is 0.